The number of nitrogens with zero attached hydrogens (tertiary/aromatic N) is 2. The first-order chi connectivity index (χ1) is 8.77. The molecule has 0 amide bonds. The van der Waals surface area contributed by atoms with Crippen LogP contribution in [-0.4, -0.2) is 47.0 Å². The molecule has 0 unspecified atom stereocenters. The minimum atomic E-state index is 0.0649. The number of hydrogen-bond acceptors (Lipinski definition) is 4. The predicted octanol–water partition coefficient (Wildman–Crippen LogP) is 1.75. The average Bonchev–Trinajstić information content (AvgIpc) is 2.42. The van der Waals surface area contributed by atoms with Crippen LogP contribution in [0.25, 0.3) is 0 Å². The summed E-state index contributed by atoms with van der Waals surface area (Å²) < 4.78 is 0. The van der Waals surface area contributed by atoms with E-state index >= 15 is 0 Å². The molecule has 0 spiro atoms. The van der Waals surface area contributed by atoms with Crippen molar-refractivity contribution >= 4 is 5.78 Å². The summed E-state index contributed by atoms with van der Waals surface area (Å²) in [5.74, 6) is 0.0649. The van der Waals surface area contributed by atoms with Crippen LogP contribution in [0.3, 0.4) is 0 Å². The van der Waals surface area contributed by atoms with E-state index < -0.39 is 0 Å². The Kier molecular flexibility index (Phi) is 7.22. The van der Waals surface area contributed by atoms with Crippen LogP contribution in [0.5, 0.6) is 0 Å². The normalized spacial score (nSPS) is 10.8. The summed E-state index contributed by atoms with van der Waals surface area (Å²) in [7, 11) is 0. The van der Waals surface area contributed by atoms with Gasteiger partial charge in [-0.15, -0.1) is 0 Å². The van der Waals surface area contributed by atoms with Gasteiger partial charge in [-0.3, -0.25) is 9.78 Å². The summed E-state index contributed by atoms with van der Waals surface area (Å²) in [6.45, 7) is 4.54. The number of carbonyl (C=O) groups excluding carboxylic acids is 1. The first kappa shape index (κ1) is 14.8. The number of aliphatic hydroxyl groups is 1. The molecule has 0 aliphatic heterocycles. The largest absolute Gasteiger partial charge is 0.395 e. The van der Waals surface area contributed by atoms with Crippen molar-refractivity contribution in [1.29, 1.82) is 0 Å². The maximum Gasteiger partial charge on any atom is 0.182 e. The van der Waals surface area contributed by atoms with Crippen LogP contribution in [0, 0.1) is 0 Å². The third-order valence-electron chi connectivity index (χ3n) is 2.85. The van der Waals surface area contributed by atoms with Gasteiger partial charge in [0.2, 0.25) is 0 Å². The second-order valence-corrected chi connectivity index (χ2v) is 4.31. The number of aromatic nitrogens is 1. The first-order valence-corrected chi connectivity index (χ1v) is 6.55. The summed E-state index contributed by atoms with van der Waals surface area (Å²) in [6, 6.07) is 5.36. The van der Waals surface area contributed by atoms with Crippen LogP contribution >= 0.6 is 0 Å². The molecular weight excluding hydrogens is 228 g/mol. The van der Waals surface area contributed by atoms with E-state index in [4.69, 9.17) is 5.11 Å². The smallest absolute Gasteiger partial charge is 0.182 e. The SMILES string of the molecule is CCCCN(CCO)CCC(=O)c1ccccn1. The monoisotopic (exact) mass is 250 g/mol. The van der Waals surface area contributed by atoms with Gasteiger partial charge in [0.05, 0.1) is 6.61 Å². The molecule has 0 aliphatic rings. The van der Waals surface area contributed by atoms with Crippen LogP contribution in [0.15, 0.2) is 24.4 Å². The fourth-order valence-electron chi connectivity index (χ4n) is 1.77. The number of aliphatic hydroxyl groups excluding tert-OH is 1. The average molecular weight is 250 g/mol. The highest BCUT2D eigenvalue weighted by Gasteiger charge is 2.10. The van der Waals surface area contributed by atoms with Crippen molar-refractivity contribution in [2.24, 2.45) is 0 Å². The standard InChI is InChI=1S/C14H22N2O2/c1-2-3-9-16(11-12-17)10-7-14(18)13-6-4-5-8-15-13/h4-6,8,17H,2-3,7,9-12H2,1H3. The second-order valence-electron chi connectivity index (χ2n) is 4.31. The van der Waals surface area contributed by atoms with Crippen LogP contribution in [0.4, 0.5) is 0 Å². The minimum Gasteiger partial charge on any atom is -0.395 e. The molecule has 0 saturated carbocycles. The lowest BCUT2D eigenvalue weighted by Crippen LogP contribution is -2.30. The number of rotatable bonds is 9. The molecule has 0 atom stereocenters. The van der Waals surface area contributed by atoms with Crippen LogP contribution in [0.1, 0.15) is 36.7 Å². The zero-order valence-corrected chi connectivity index (χ0v) is 11.0. The van der Waals surface area contributed by atoms with Gasteiger partial charge in [-0.2, -0.15) is 0 Å². The lowest BCUT2D eigenvalue weighted by atomic mass is 10.2. The maximum atomic E-state index is 11.9. The molecule has 4 heteroatoms. The Balaban J connectivity index is 2.39. The Morgan fingerprint density at radius 2 is 2.17 bits per heavy atom. The zero-order valence-electron chi connectivity index (χ0n) is 11.0. The molecule has 0 bridgehead atoms. The van der Waals surface area contributed by atoms with E-state index in [1.165, 1.54) is 0 Å². The van der Waals surface area contributed by atoms with Gasteiger partial charge in [0.25, 0.3) is 0 Å². The van der Waals surface area contributed by atoms with E-state index in [0.717, 1.165) is 19.4 Å². The van der Waals surface area contributed by atoms with Crippen molar-refractivity contribution in [1.82, 2.24) is 9.88 Å². The summed E-state index contributed by atoms with van der Waals surface area (Å²) in [6.07, 6.45) is 4.31. The van der Waals surface area contributed by atoms with Crippen molar-refractivity contribution in [3.05, 3.63) is 30.1 Å². The lowest BCUT2D eigenvalue weighted by Gasteiger charge is -2.20. The zero-order chi connectivity index (χ0) is 13.2. The Morgan fingerprint density at radius 3 is 2.78 bits per heavy atom. The van der Waals surface area contributed by atoms with Gasteiger partial charge in [-0.25, -0.2) is 0 Å². The van der Waals surface area contributed by atoms with Crippen molar-refractivity contribution in [2.75, 3.05) is 26.2 Å². The van der Waals surface area contributed by atoms with Crippen molar-refractivity contribution in [3.63, 3.8) is 0 Å². The molecule has 1 aromatic heterocycles. The third-order valence-corrected chi connectivity index (χ3v) is 2.85. The lowest BCUT2D eigenvalue weighted by molar-refractivity contribution is 0.0952. The Labute approximate surface area is 109 Å². The Bertz CT molecular complexity index is 341. The van der Waals surface area contributed by atoms with E-state index in [1.807, 2.05) is 6.07 Å². The summed E-state index contributed by atoms with van der Waals surface area (Å²) in [5.41, 5.74) is 0.525. The van der Waals surface area contributed by atoms with Gasteiger partial charge >= 0.3 is 0 Å². The summed E-state index contributed by atoms with van der Waals surface area (Å²) in [5, 5.41) is 8.98. The highest BCUT2D eigenvalue weighted by molar-refractivity contribution is 5.94. The van der Waals surface area contributed by atoms with Gasteiger partial charge in [-0.05, 0) is 25.1 Å². The molecule has 0 fully saturated rings. The molecule has 100 valence electrons. The molecule has 1 rings (SSSR count). The maximum absolute atomic E-state index is 11.9. The highest BCUT2D eigenvalue weighted by Crippen LogP contribution is 2.02. The van der Waals surface area contributed by atoms with E-state index in [1.54, 1.807) is 18.3 Å². The number of ketones is 1. The van der Waals surface area contributed by atoms with Crippen LogP contribution in [-0.2, 0) is 0 Å². The van der Waals surface area contributed by atoms with E-state index in [-0.39, 0.29) is 12.4 Å². The van der Waals surface area contributed by atoms with Crippen LogP contribution < -0.4 is 0 Å². The highest BCUT2D eigenvalue weighted by atomic mass is 16.3. The number of Topliss-reactive ketones (excluding diaryl/α,β-unsaturated/α-hetero) is 1. The minimum absolute atomic E-state index is 0.0649. The Hall–Kier alpha value is -1.26. The third kappa shape index (κ3) is 5.38. The predicted molar refractivity (Wildman–Crippen MR) is 71.6 cm³/mol. The second kappa shape index (κ2) is 8.78. The molecule has 0 radical (unpaired) electrons. The molecule has 1 N–H and O–H groups in total. The molecule has 0 aliphatic carbocycles. The molecule has 0 saturated heterocycles. The van der Waals surface area contributed by atoms with E-state index in [0.29, 0.717) is 25.2 Å². The fourth-order valence-corrected chi connectivity index (χ4v) is 1.77. The van der Waals surface area contributed by atoms with Gasteiger partial charge in [-0.1, -0.05) is 19.4 Å². The molecule has 0 aromatic carbocycles. The topological polar surface area (TPSA) is 53.4 Å². The molecule has 1 heterocycles. The molecular formula is C14H22N2O2. The van der Waals surface area contributed by atoms with Crippen molar-refractivity contribution in [3.8, 4) is 0 Å². The first-order valence-electron chi connectivity index (χ1n) is 6.55. The van der Waals surface area contributed by atoms with Gasteiger partial charge in [0.1, 0.15) is 5.69 Å². The van der Waals surface area contributed by atoms with Crippen molar-refractivity contribution in [2.45, 2.75) is 26.2 Å². The number of carbonyl (C=O) groups is 1. The van der Waals surface area contributed by atoms with E-state index in [2.05, 4.69) is 16.8 Å². The molecule has 4 nitrogen and oxygen atoms in total. The van der Waals surface area contributed by atoms with E-state index in [9.17, 15) is 4.79 Å². The van der Waals surface area contributed by atoms with Gasteiger partial charge in [0.15, 0.2) is 5.78 Å². The van der Waals surface area contributed by atoms with Gasteiger partial charge in [0, 0.05) is 25.7 Å². The fraction of sp³-hybridized carbons (Fsp3) is 0.571. The van der Waals surface area contributed by atoms with Gasteiger partial charge < -0.3 is 10.0 Å². The number of pyridine rings is 1. The van der Waals surface area contributed by atoms with Crippen molar-refractivity contribution < 1.29 is 9.90 Å². The number of unbranched alkanes of at least 4 members (excludes halogenated alkanes) is 1. The number of hydrogen-bond donors (Lipinski definition) is 1. The molecule has 18 heavy (non-hydrogen) atoms. The quantitative estimate of drug-likeness (QED) is 0.678. The summed E-state index contributed by atoms with van der Waals surface area (Å²) in [4.78, 5) is 18.1. The Morgan fingerprint density at radius 1 is 1.33 bits per heavy atom. The summed E-state index contributed by atoms with van der Waals surface area (Å²) >= 11 is 0. The molecule has 1 aromatic rings. The van der Waals surface area contributed by atoms with Crippen LogP contribution in [0.2, 0.25) is 0 Å².